The maximum absolute atomic E-state index is 11.1. The highest BCUT2D eigenvalue weighted by atomic mass is 16.6. The summed E-state index contributed by atoms with van der Waals surface area (Å²) >= 11 is 0. The molecule has 1 saturated heterocycles. The Morgan fingerprint density at radius 1 is 1.54 bits per heavy atom. The monoisotopic (exact) mass is 184 g/mol. The van der Waals surface area contributed by atoms with Crippen molar-refractivity contribution >= 4 is 6.09 Å². The van der Waals surface area contributed by atoms with E-state index < -0.39 is 0 Å². The quantitative estimate of drug-likeness (QED) is 0.596. The van der Waals surface area contributed by atoms with Gasteiger partial charge in [-0.25, -0.2) is 4.79 Å². The summed E-state index contributed by atoms with van der Waals surface area (Å²) < 4.78 is 5.34. The highest BCUT2D eigenvalue weighted by Gasteiger charge is 2.53. The van der Waals surface area contributed by atoms with Crippen molar-refractivity contribution in [1.82, 2.24) is 9.80 Å². The molecule has 0 aromatic rings. The molecule has 2 aliphatic rings. The Labute approximate surface area is 78.4 Å². The second kappa shape index (κ2) is 2.61. The lowest BCUT2D eigenvalue weighted by Crippen LogP contribution is -2.55. The Bertz CT molecular complexity index is 234. The number of hydrogen-bond donors (Lipinski definition) is 0. The lowest BCUT2D eigenvalue weighted by atomic mass is 9.75. The smallest absolute Gasteiger partial charge is 0.410 e. The molecule has 1 heterocycles. The fourth-order valence-electron chi connectivity index (χ4n) is 2.17. The van der Waals surface area contributed by atoms with Crippen molar-refractivity contribution in [3.8, 4) is 0 Å². The molecule has 2 fully saturated rings. The van der Waals surface area contributed by atoms with Gasteiger partial charge in [-0.15, -0.1) is 0 Å². The molecular weight excluding hydrogens is 168 g/mol. The van der Waals surface area contributed by atoms with Crippen LogP contribution in [0.15, 0.2) is 0 Å². The molecule has 0 unspecified atom stereocenters. The Morgan fingerprint density at radius 3 is 2.54 bits per heavy atom. The molecular formula is C9H16N2O2. The first kappa shape index (κ1) is 8.81. The summed E-state index contributed by atoms with van der Waals surface area (Å²) in [7, 11) is 5.93. The van der Waals surface area contributed by atoms with Gasteiger partial charge in [0.15, 0.2) is 0 Å². The minimum atomic E-state index is -0.169. The number of likely N-dealkylation sites (N-methyl/N-ethyl adjacent to an activating group) is 1. The number of rotatable bonds is 1. The number of carbonyl (C=O) groups excluding carboxylic acids is 1. The third-order valence-electron chi connectivity index (χ3n) is 3.09. The minimum Gasteiger partial charge on any atom is -0.441 e. The third kappa shape index (κ3) is 1.29. The Kier molecular flexibility index (Phi) is 1.77. The van der Waals surface area contributed by atoms with Crippen molar-refractivity contribution in [3.63, 3.8) is 0 Å². The van der Waals surface area contributed by atoms with Crippen molar-refractivity contribution < 1.29 is 9.53 Å². The summed E-state index contributed by atoms with van der Waals surface area (Å²) in [5, 5.41) is 0. The first-order valence-electron chi connectivity index (χ1n) is 4.63. The second-order valence-corrected chi connectivity index (χ2v) is 4.43. The normalized spacial score (nSPS) is 38.3. The van der Waals surface area contributed by atoms with E-state index in [9.17, 15) is 4.79 Å². The van der Waals surface area contributed by atoms with Crippen LogP contribution in [0.25, 0.3) is 0 Å². The van der Waals surface area contributed by atoms with E-state index in [1.54, 1.807) is 11.9 Å². The largest absolute Gasteiger partial charge is 0.441 e. The van der Waals surface area contributed by atoms with Gasteiger partial charge < -0.3 is 14.5 Å². The zero-order chi connectivity index (χ0) is 9.64. The molecule has 1 spiro atoms. The van der Waals surface area contributed by atoms with Crippen LogP contribution in [0.3, 0.4) is 0 Å². The number of hydrogen-bond acceptors (Lipinski definition) is 3. The fourth-order valence-corrected chi connectivity index (χ4v) is 2.17. The molecule has 74 valence electrons. The molecule has 4 nitrogen and oxygen atoms in total. The van der Waals surface area contributed by atoms with Crippen molar-refractivity contribution in [3.05, 3.63) is 0 Å². The zero-order valence-corrected chi connectivity index (χ0v) is 8.41. The zero-order valence-electron chi connectivity index (χ0n) is 8.41. The first-order valence-corrected chi connectivity index (χ1v) is 4.63. The maximum Gasteiger partial charge on any atom is 0.410 e. The van der Waals surface area contributed by atoms with Crippen molar-refractivity contribution in [2.45, 2.75) is 24.5 Å². The van der Waals surface area contributed by atoms with Crippen LogP contribution in [0, 0.1) is 0 Å². The van der Waals surface area contributed by atoms with E-state index in [0.29, 0.717) is 6.04 Å². The van der Waals surface area contributed by atoms with Gasteiger partial charge in [0.2, 0.25) is 0 Å². The lowest BCUT2D eigenvalue weighted by molar-refractivity contribution is -0.0567. The summed E-state index contributed by atoms with van der Waals surface area (Å²) in [5.41, 5.74) is -0.152. The fraction of sp³-hybridized carbons (Fsp3) is 0.889. The van der Waals surface area contributed by atoms with E-state index in [-0.39, 0.29) is 11.7 Å². The summed E-state index contributed by atoms with van der Waals surface area (Å²) in [5.74, 6) is 0. The SMILES string of the molecule is CN1CC2(CC(N(C)C)C2)OC1=O. The van der Waals surface area contributed by atoms with Crippen LogP contribution in [0.2, 0.25) is 0 Å². The van der Waals surface area contributed by atoms with Crippen LogP contribution in [-0.2, 0) is 4.74 Å². The molecule has 1 aliphatic carbocycles. The van der Waals surface area contributed by atoms with E-state index in [1.165, 1.54) is 0 Å². The van der Waals surface area contributed by atoms with Gasteiger partial charge in [0.25, 0.3) is 0 Å². The van der Waals surface area contributed by atoms with Gasteiger partial charge in [0, 0.05) is 25.9 Å². The average Bonchev–Trinajstić information content (AvgIpc) is 2.24. The summed E-state index contributed by atoms with van der Waals surface area (Å²) in [6.07, 6.45) is 1.80. The molecule has 0 N–H and O–H groups in total. The van der Waals surface area contributed by atoms with E-state index in [2.05, 4.69) is 19.0 Å². The van der Waals surface area contributed by atoms with Gasteiger partial charge >= 0.3 is 6.09 Å². The van der Waals surface area contributed by atoms with Crippen molar-refractivity contribution in [1.29, 1.82) is 0 Å². The standard InChI is InChI=1S/C9H16N2O2/c1-10(2)7-4-9(5-7)6-11(3)8(12)13-9/h7H,4-6H2,1-3H3. The van der Waals surface area contributed by atoms with E-state index in [0.717, 1.165) is 19.4 Å². The van der Waals surface area contributed by atoms with Gasteiger partial charge in [-0.3, -0.25) is 0 Å². The number of nitrogens with zero attached hydrogens (tertiary/aromatic N) is 2. The molecule has 0 aromatic heterocycles. The highest BCUT2D eigenvalue weighted by Crippen LogP contribution is 2.42. The maximum atomic E-state index is 11.1. The predicted molar refractivity (Wildman–Crippen MR) is 48.6 cm³/mol. The first-order chi connectivity index (χ1) is 6.02. The Hall–Kier alpha value is -0.770. The van der Waals surface area contributed by atoms with Crippen LogP contribution in [0.4, 0.5) is 4.79 Å². The molecule has 0 radical (unpaired) electrons. The topological polar surface area (TPSA) is 32.8 Å². The van der Waals surface area contributed by atoms with E-state index >= 15 is 0 Å². The number of carbonyl (C=O) groups is 1. The molecule has 0 bridgehead atoms. The average molecular weight is 184 g/mol. The van der Waals surface area contributed by atoms with Gasteiger partial charge in [-0.2, -0.15) is 0 Å². The second-order valence-electron chi connectivity index (χ2n) is 4.43. The van der Waals surface area contributed by atoms with Crippen LogP contribution in [-0.4, -0.2) is 55.2 Å². The highest BCUT2D eigenvalue weighted by molar-refractivity contribution is 5.70. The van der Waals surface area contributed by atoms with Crippen LogP contribution < -0.4 is 0 Å². The van der Waals surface area contributed by atoms with Gasteiger partial charge in [0.1, 0.15) is 5.60 Å². The van der Waals surface area contributed by atoms with Crippen LogP contribution in [0.1, 0.15) is 12.8 Å². The molecule has 1 amide bonds. The molecule has 0 atom stereocenters. The minimum absolute atomic E-state index is 0.152. The molecule has 13 heavy (non-hydrogen) atoms. The van der Waals surface area contributed by atoms with Gasteiger partial charge in [-0.1, -0.05) is 0 Å². The predicted octanol–water partition coefficient (Wildman–Crippen LogP) is 0.531. The summed E-state index contributed by atoms with van der Waals surface area (Å²) in [4.78, 5) is 15.0. The third-order valence-corrected chi connectivity index (χ3v) is 3.09. The summed E-state index contributed by atoms with van der Waals surface area (Å²) in [6, 6.07) is 0.583. The van der Waals surface area contributed by atoms with Crippen LogP contribution in [0.5, 0.6) is 0 Å². The lowest BCUT2D eigenvalue weighted by Gasteiger charge is -2.45. The van der Waals surface area contributed by atoms with Crippen molar-refractivity contribution in [2.75, 3.05) is 27.7 Å². The molecule has 4 heteroatoms. The molecule has 0 aromatic carbocycles. The molecule has 1 saturated carbocycles. The Morgan fingerprint density at radius 2 is 2.15 bits per heavy atom. The van der Waals surface area contributed by atoms with Crippen LogP contribution >= 0.6 is 0 Å². The van der Waals surface area contributed by atoms with Crippen molar-refractivity contribution in [2.24, 2.45) is 0 Å². The Balaban J connectivity index is 1.95. The molecule has 1 aliphatic heterocycles. The van der Waals surface area contributed by atoms with E-state index in [1.807, 2.05) is 0 Å². The van der Waals surface area contributed by atoms with E-state index in [4.69, 9.17) is 4.74 Å². The summed E-state index contributed by atoms with van der Waals surface area (Å²) in [6.45, 7) is 0.760. The number of ether oxygens (including phenoxy) is 1. The van der Waals surface area contributed by atoms with Gasteiger partial charge in [-0.05, 0) is 14.1 Å². The number of amides is 1. The van der Waals surface area contributed by atoms with Gasteiger partial charge in [0.05, 0.1) is 6.54 Å². The molecule has 2 rings (SSSR count).